The Kier molecular flexibility index (Phi) is 4.58. The van der Waals surface area contributed by atoms with Crippen molar-refractivity contribution in [2.45, 2.75) is 33.0 Å². The van der Waals surface area contributed by atoms with Gasteiger partial charge in [0.15, 0.2) is 11.6 Å². The molecule has 0 aliphatic carbocycles. The normalized spacial score (nSPS) is 10.9. The third-order valence-corrected chi connectivity index (χ3v) is 2.61. The zero-order valence-corrected chi connectivity index (χ0v) is 11.2. The molecule has 2 aromatic rings. The van der Waals surface area contributed by atoms with Crippen molar-refractivity contribution in [3.05, 3.63) is 53.7 Å². The summed E-state index contributed by atoms with van der Waals surface area (Å²) >= 11 is 0. The summed E-state index contributed by atoms with van der Waals surface area (Å²) in [5.74, 6) is 1.40. The summed E-state index contributed by atoms with van der Waals surface area (Å²) in [6.45, 7) is 5.05. The highest BCUT2D eigenvalue weighted by Gasteiger charge is 2.06. The number of para-hydroxylation sites is 1. The smallest absolute Gasteiger partial charge is 0.165 e. The maximum Gasteiger partial charge on any atom is 0.165 e. The fraction of sp³-hybridized carbons (Fsp3) is 0.333. The zero-order valence-electron chi connectivity index (χ0n) is 11.2. The molecule has 0 spiro atoms. The summed E-state index contributed by atoms with van der Waals surface area (Å²) < 4.78 is 24.3. The molecule has 0 saturated carbocycles. The molecule has 0 fully saturated rings. The molecule has 4 heteroatoms. The van der Waals surface area contributed by atoms with Crippen LogP contribution in [-0.2, 0) is 13.2 Å². The summed E-state index contributed by atoms with van der Waals surface area (Å²) in [6, 6.07) is 10.5. The highest BCUT2D eigenvalue weighted by molar-refractivity contribution is 5.23. The van der Waals surface area contributed by atoms with Crippen LogP contribution in [0.2, 0.25) is 0 Å². The van der Waals surface area contributed by atoms with Gasteiger partial charge in [0.25, 0.3) is 0 Å². The van der Waals surface area contributed by atoms with Gasteiger partial charge < -0.3 is 14.5 Å². The van der Waals surface area contributed by atoms with Crippen LogP contribution in [0.4, 0.5) is 4.39 Å². The molecule has 0 atom stereocenters. The molecule has 0 aliphatic rings. The maximum absolute atomic E-state index is 13.3. The van der Waals surface area contributed by atoms with Crippen molar-refractivity contribution in [3.63, 3.8) is 0 Å². The first-order valence-electron chi connectivity index (χ1n) is 6.33. The van der Waals surface area contributed by atoms with Gasteiger partial charge in [-0.2, -0.15) is 0 Å². The average molecular weight is 263 g/mol. The van der Waals surface area contributed by atoms with E-state index >= 15 is 0 Å². The molecule has 1 aromatic carbocycles. The van der Waals surface area contributed by atoms with Gasteiger partial charge in [0.2, 0.25) is 0 Å². The molecule has 1 heterocycles. The molecule has 102 valence electrons. The van der Waals surface area contributed by atoms with Gasteiger partial charge in [0, 0.05) is 6.04 Å². The monoisotopic (exact) mass is 263 g/mol. The molecule has 3 nitrogen and oxygen atoms in total. The van der Waals surface area contributed by atoms with Crippen molar-refractivity contribution in [3.8, 4) is 5.75 Å². The minimum Gasteiger partial charge on any atom is -0.483 e. The Balaban J connectivity index is 1.88. The van der Waals surface area contributed by atoms with Crippen molar-refractivity contribution in [2.75, 3.05) is 0 Å². The first-order chi connectivity index (χ1) is 9.15. The van der Waals surface area contributed by atoms with Crippen LogP contribution in [0.15, 0.2) is 40.8 Å². The average Bonchev–Trinajstić information content (AvgIpc) is 2.83. The number of nitrogens with one attached hydrogen (secondary N) is 1. The van der Waals surface area contributed by atoms with Crippen molar-refractivity contribution in [1.82, 2.24) is 5.32 Å². The maximum atomic E-state index is 13.3. The Labute approximate surface area is 112 Å². The molecule has 0 radical (unpaired) electrons. The fourth-order valence-corrected chi connectivity index (χ4v) is 1.61. The van der Waals surface area contributed by atoms with Crippen LogP contribution >= 0.6 is 0 Å². The van der Waals surface area contributed by atoms with E-state index in [4.69, 9.17) is 9.15 Å². The predicted octanol–water partition coefficient (Wildman–Crippen LogP) is 3.50. The van der Waals surface area contributed by atoms with Crippen molar-refractivity contribution in [1.29, 1.82) is 0 Å². The van der Waals surface area contributed by atoms with E-state index in [1.54, 1.807) is 18.2 Å². The first kappa shape index (κ1) is 13.6. The van der Waals surface area contributed by atoms with Gasteiger partial charge in [0.05, 0.1) is 6.54 Å². The van der Waals surface area contributed by atoms with Gasteiger partial charge in [-0.1, -0.05) is 26.0 Å². The van der Waals surface area contributed by atoms with E-state index in [1.807, 2.05) is 12.1 Å². The van der Waals surface area contributed by atoms with Crippen LogP contribution in [-0.4, -0.2) is 6.04 Å². The summed E-state index contributed by atoms with van der Waals surface area (Å²) in [4.78, 5) is 0. The molecule has 0 aliphatic heterocycles. The summed E-state index contributed by atoms with van der Waals surface area (Å²) in [5, 5.41) is 3.26. The number of hydrogen-bond acceptors (Lipinski definition) is 3. The minimum absolute atomic E-state index is 0.225. The molecule has 2 rings (SSSR count). The van der Waals surface area contributed by atoms with Gasteiger partial charge in [0.1, 0.15) is 18.1 Å². The van der Waals surface area contributed by atoms with Gasteiger partial charge in [-0.25, -0.2) is 4.39 Å². The predicted molar refractivity (Wildman–Crippen MR) is 71.4 cm³/mol. The SMILES string of the molecule is CC(C)NCc1ccc(COc2ccccc2F)o1. The number of furan rings is 1. The molecule has 0 bridgehead atoms. The summed E-state index contributed by atoms with van der Waals surface area (Å²) in [6.07, 6.45) is 0. The van der Waals surface area contributed by atoms with Gasteiger partial charge >= 0.3 is 0 Å². The lowest BCUT2D eigenvalue weighted by Crippen LogP contribution is -2.21. The largest absolute Gasteiger partial charge is 0.483 e. The van der Waals surface area contributed by atoms with Crippen LogP contribution in [0.25, 0.3) is 0 Å². The van der Waals surface area contributed by atoms with Crippen molar-refractivity contribution in [2.24, 2.45) is 0 Å². The van der Waals surface area contributed by atoms with Crippen molar-refractivity contribution >= 4 is 0 Å². The Bertz CT molecular complexity index is 522. The van der Waals surface area contributed by atoms with Gasteiger partial charge in [-0.05, 0) is 24.3 Å². The van der Waals surface area contributed by atoms with Crippen LogP contribution < -0.4 is 10.1 Å². The second kappa shape index (κ2) is 6.38. The topological polar surface area (TPSA) is 34.4 Å². The lowest BCUT2D eigenvalue weighted by molar-refractivity contribution is 0.254. The molecular weight excluding hydrogens is 245 g/mol. The second-order valence-electron chi connectivity index (χ2n) is 4.62. The molecular formula is C15H18FNO2. The lowest BCUT2D eigenvalue weighted by Gasteiger charge is -2.06. The molecule has 19 heavy (non-hydrogen) atoms. The fourth-order valence-electron chi connectivity index (χ4n) is 1.61. The second-order valence-corrected chi connectivity index (χ2v) is 4.62. The third-order valence-electron chi connectivity index (χ3n) is 2.61. The molecule has 1 aromatic heterocycles. The quantitative estimate of drug-likeness (QED) is 0.866. The zero-order chi connectivity index (χ0) is 13.7. The first-order valence-corrected chi connectivity index (χ1v) is 6.33. The van der Waals surface area contributed by atoms with Crippen LogP contribution in [0.1, 0.15) is 25.4 Å². The van der Waals surface area contributed by atoms with E-state index in [-0.39, 0.29) is 18.2 Å². The van der Waals surface area contributed by atoms with Gasteiger partial charge in [-0.3, -0.25) is 0 Å². The van der Waals surface area contributed by atoms with E-state index < -0.39 is 0 Å². The van der Waals surface area contributed by atoms with Crippen LogP contribution in [0, 0.1) is 5.82 Å². The highest BCUT2D eigenvalue weighted by Crippen LogP contribution is 2.18. The highest BCUT2D eigenvalue weighted by atomic mass is 19.1. The van der Waals surface area contributed by atoms with E-state index in [2.05, 4.69) is 19.2 Å². The van der Waals surface area contributed by atoms with E-state index in [0.717, 1.165) is 5.76 Å². The number of benzene rings is 1. The lowest BCUT2D eigenvalue weighted by atomic mass is 10.3. The van der Waals surface area contributed by atoms with Crippen LogP contribution in [0.3, 0.4) is 0 Å². The van der Waals surface area contributed by atoms with Gasteiger partial charge in [-0.15, -0.1) is 0 Å². The Hall–Kier alpha value is -1.81. The molecule has 0 saturated heterocycles. The van der Waals surface area contributed by atoms with E-state index in [1.165, 1.54) is 6.07 Å². The van der Waals surface area contributed by atoms with Crippen LogP contribution in [0.5, 0.6) is 5.75 Å². The van der Waals surface area contributed by atoms with Crippen molar-refractivity contribution < 1.29 is 13.5 Å². The number of hydrogen-bond donors (Lipinski definition) is 1. The molecule has 0 amide bonds. The molecule has 0 unspecified atom stereocenters. The summed E-state index contributed by atoms with van der Waals surface area (Å²) in [7, 11) is 0. The Morgan fingerprint density at radius 3 is 2.63 bits per heavy atom. The Morgan fingerprint density at radius 1 is 1.16 bits per heavy atom. The third kappa shape index (κ3) is 4.10. The number of halogens is 1. The number of rotatable bonds is 6. The minimum atomic E-state index is -0.365. The van der Waals surface area contributed by atoms with E-state index in [0.29, 0.717) is 18.3 Å². The summed E-state index contributed by atoms with van der Waals surface area (Å²) in [5.41, 5.74) is 0. The number of ether oxygens (including phenoxy) is 1. The molecule has 1 N–H and O–H groups in total. The standard InChI is InChI=1S/C15H18FNO2/c1-11(2)17-9-12-7-8-13(19-12)10-18-15-6-4-3-5-14(15)16/h3-8,11,17H,9-10H2,1-2H3. The van der Waals surface area contributed by atoms with E-state index in [9.17, 15) is 4.39 Å². The Morgan fingerprint density at radius 2 is 1.89 bits per heavy atom.